The first kappa shape index (κ1) is 26.0. The standard InChI is InChI=1S/2C11H9.C2H7Si.ClH.Sm/c2*1-2-6-10(7-3-1)11-8-4-5-9-11;1-3-2;;/h2*1-9H;3H,1-2H3;1H;/q2*-1;;;. The second kappa shape index (κ2) is 16.0. The van der Waals surface area contributed by atoms with Crippen LogP contribution in [0.1, 0.15) is 0 Å². The van der Waals surface area contributed by atoms with Crippen molar-refractivity contribution in [2.24, 2.45) is 0 Å². The fourth-order valence-electron chi connectivity index (χ4n) is 2.39. The normalized spacial score (nSPS) is 8.67. The maximum absolute atomic E-state index is 2.21. The zero-order valence-corrected chi connectivity index (χ0v) is 20.4. The Balaban J connectivity index is 0.000000412. The minimum absolute atomic E-state index is 0. The molecule has 4 aromatic rings. The van der Waals surface area contributed by atoms with Crippen LogP contribution in [0.4, 0.5) is 0 Å². The predicted octanol–water partition coefficient (Wildman–Crippen LogP) is 7.09. The Morgan fingerprint density at radius 2 is 0.889 bits per heavy atom. The number of benzene rings is 2. The fourth-order valence-corrected chi connectivity index (χ4v) is 2.39. The summed E-state index contributed by atoms with van der Waals surface area (Å²) in [5.41, 5.74) is 5.17. The van der Waals surface area contributed by atoms with Crippen molar-refractivity contribution in [3.63, 3.8) is 0 Å². The quantitative estimate of drug-likeness (QED) is 0.193. The van der Waals surface area contributed by atoms with Gasteiger partial charge in [-0.1, -0.05) is 84.9 Å². The molecule has 0 N–H and O–H groups in total. The first-order valence-electron chi connectivity index (χ1n) is 8.63. The van der Waals surface area contributed by atoms with Crippen LogP contribution in [0.15, 0.2) is 109 Å². The molecule has 0 aliphatic rings. The summed E-state index contributed by atoms with van der Waals surface area (Å²) in [6.45, 7) is 4.42. The molecule has 3 heteroatoms. The van der Waals surface area contributed by atoms with E-state index in [0.717, 1.165) is 9.52 Å². The van der Waals surface area contributed by atoms with Crippen molar-refractivity contribution in [2.45, 2.75) is 13.1 Å². The van der Waals surface area contributed by atoms with Gasteiger partial charge in [-0.15, -0.1) is 12.4 Å². The molecule has 141 valence electrons. The van der Waals surface area contributed by atoms with E-state index in [0.29, 0.717) is 0 Å². The van der Waals surface area contributed by atoms with Gasteiger partial charge in [-0.25, -0.2) is 12.1 Å². The summed E-state index contributed by atoms with van der Waals surface area (Å²) in [6.07, 6.45) is 0. The molecule has 0 spiro atoms. The SMILES string of the molecule is C[SiH]C.Cl.[Sm].c1ccc(-c2cc[cH-]c2)cc1.c1ccc(-c2cc[cH-]c2)cc1. The van der Waals surface area contributed by atoms with Crippen LogP contribution in [-0.4, -0.2) is 9.52 Å². The van der Waals surface area contributed by atoms with Gasteiger partial charge in [0.1, 0.15) is 0 Å². The van der Waals surface area contributed by atoms with Crippen LogP contribution >= 0.6 is 12.4 Å². The summed E-state index contributed by atoms with van der Waals surface area (Å²) in [4.78, 5) is 0. The van der Waals surface area contributed by atoms with Gasteiger partial charge in [-0.05, 0) is 0 Å². The van der Waals surface area contributed by atoms with Crippen LogP contribution in [0.3, 0.4) is 0 Å². The summed E-state index contributed by atoms with van der Waals surface area (Å²) in [7, 11) is 0.750. The van der Waals surface area contributed by atoms with Gasteiger partial charge >= 0.3 is 0 Å². The summed E-state index contributed by atoms with van der Waals surface area (Å²) < 4.78 is 0. The van der Waals surface area contributed by atoms with Crippen molar-refractivity contribution in [1.82, 2.24) is 0 Å². The Hall–Kier alpha value is -1.02. The summed E-state index contributed by atoms with van der Waals surface area (Å²) in [5.74, 6) is 0. The molecule has 27 heavy (non-hydrogen) atoms. The van der Waals surface area contributed by atoms with Crippen LogP contribution in [0.5, 0.6) is 0 Å². The molecule has 0 unspecified atom stereocenters. The summed E-state index contributed by atoms with van der Waals surface area (Å²) in [5, 5.41) is 0. The van der Waals surface area contributed by atoms with Crippen LogP contribution in [0.2, 0.25) is 13.1 Å². The van der Waals surface area contributed by atoms with E-state index in [2.05, 4.69) is 110 Å². The summed E-state index contributed by atoms with van der Waals surface area (Å²) >= 11 is 0. The zero-order valence-electron chi connectivity index (χ0n) is 15.8. The minimum Gasteiger partial charge on any atom is -0.206 e. The van der Waals surface area contributed by atoms with Gasteiger partial charge in [0.2, 0.25) is 0 Å². The topological polar surface area (TPSA) is 0 Å². The molecule has 1 radical (unpaired) electrons. The largest absolute Gasteiger partial charge is 0.206 e. The molecule has 0 fully saturated rings. The van der Waals surface area contributed by atoms with E-state index in [4.69, 9.17) is 0 Å². The predicted molar refractivity (Wildman–Crippen MR) is 121 cm³/mol. The van der Waals surface area contributed by atoms with Gasteiger partial charge in [-0.3, -0.25) is 0 Å². The Morgan fingerprint density at radius 3 is 1.15 bits per heavy atom. The first-order chi connectivity index (χ1) is 12.3. The molecule has 0 amide bonds. The monoisotopic (exact) mass is 529 g/mol. The molecule has 0 nitrogen and oxygen atoms in total. The molecule has 0 saturated heterocycles. The van der Waals surface area contributed by atoms with Crippen molar-refractivity contribution < 1.29 is 40.4 Å². The third-order valence-electron chi connectivity index (χ3n) is 3.54. The number of hydrogen-bond acceptors (Lipinski definition) is 0. The molecule has 0 bridgehead atoms. The van der Waals surface area contributed by atoms with Crippen LogP contribution in [-0.2, 0) is 0 Å². The minimum atomic E-state index is 0. The molecule has 0 aliphatic carbocycles. The van der Waals surface area contributed by atoms with Crippen LogP contribution in [0.25, 0.3) is 22.3 Å². The van der Waals surface area contributed by atoms with Gasteiger partial charge in [0, 0.05) is 49.9 Å². The second-order valence-electron chi connectivity index (χ2n) is 5.66. The Morgan fingerprint density at radius 1 is 0.556 bits per heavy atom. The number of hydrogen-bond donors (Lipinski definition) is 0. The molecule has 0 aromatic heterocycles. The third-order valence-corrected chi connectivity index (χ3v) is 3.54. The molecule has 0 heterocycles. The van der Waals surface area contributed by atoms with Gasteiger partial charge in [0.25, 0.3) is 0 Å². The van der Waals surface area contributed by atoms with Gasteiger partial charge < -0.3 is 0 Å². The second-order valence-corrected chi connectivity index (χ2v) is 6.81. The average molecular weight is 528 g/mol. The van der Waals surface area contributed by atoms with Crippen LogP contribution in [0, 0.1) is 40.4 Å². The van der Waals surface area contributed by atoms with E-state index >= 15 is 0 Å². The van der Waals surface area contributed by atoms with Gasteiger partial charge in [0.15, 0.2) is 0 Å². The van der Waals surface area contributed by atoms with Crippen molar-refractivity contribution in [3.8, 4) is 22.3 Å². The van der Waals surface area contributed by atoms with Gasteiger partial charge in [0.05, 0.1) is 0 Å². The molecule has 0 atom stereocenters. The van der Waals surface area contributed by atoms with Crippen molar-refractivity contribution in [3.05, 3.63) is 109 Å². The van der Waals surface area contributed by atoms with E-state index in [1.165, 1.54) is 22.3 Å². The average Bonchev–Trinajstić information content (AvgIpc) is 3.39. The van der Waals surface area contributed by atoms with Crippen molar-refractivity contribution in [2.75, 3.05) is 0 Å². The van der Waals surface area contributed by atoms with E-state index in [-0.39, 0.29) is 52.8 Å². The van der Waals surface area contributed by atoms with E-state index < -0.39 is 0 Å². The van der Waals surface area contributed by atoms with Crippen LogP contribution < -0.4 is 0 Å². The maximum atomic E-state index is 2.21. The molecular formula is C24H26ClSiSm-2. The Bertz CT molecular complexity index is 709. The molecule has 0 saturated carbocycles. The smallest absolute Gasteiger partial charge is 0.0213 e. The maximum Gasteiger partial charge on any atom is 0.0213 e. The third kappa shape index (κ3) is 9.65. The van der Waals surface area contributed by atoms with Crippen molar-refractivity contribution in [1.29, 1.82) is 0 Å². The Kier molecular flexibility index (Phi) is 15.4. The Labute approximate surface area is 205 Å². The number of halogens is 1. The fraction of sp³-hybridized carbons (Fsp3) is 0.0833. The summed E-state index contributed by atoms with van der Waals surface area (Å²) in [6, 6.07) is 37.5. The molecule has 4 rings (SSSR count). The molecule has 0 aliphatic heterocycles. The van der Waals surface area contributed by atoms with E-state index in [1.54, 1.807) is 0 Å². The molecule has 4 aromatic carbocycles. The van der Waals surface area contributed by atoms with Crippen molar-refractivity contribution >= 4 is 21.9 Å². The van der Waals surface area contributed by atoms with Gasteiger partial charge in [-0.2, -0.15) is 47.5 Å². The van der Waals surface area contributed by atoms with E-state index in [9.17, 15) is 0 Å². The first-order valence-corrected chi connectivity index (χ1v) is 10.9. The zero-order chi connectivity index (χ0) is 17.7. The number of rotatable bonds is 2. The molecular weight excluding hydrogens is 502 g/mol. The van der Waals surface area contributed by atoms with E-state index in [1.807, 2.05) is 12.1 Å².